The van der Waals surface area contributed by atoms with E-state index in [0.717, 1.165) is 57.2 Å². The topological polar surface area (TPSA) is 98.5 Å². The van der Waals surface area contributed by atoms with E-state index in [9.17, 15) is 14.4 Å². The van der Waals surface area contributed by atoms with Crippen LogP contribution >= 0.6 is 0 Å². The van der Waals surface area contributed by atoms with Crippen LogP contribution in [0.2, 0.25) is 0 Å². The Morgan fingerprint density at radius 1 is 1.09 bits per heavy atom. The van der Waals surface area contributed by atoms with Gasteiger partial charge in [0.2, 0.25) is 5.91 Å². The highest BCUT2D eigenvalue weighted by molar-refractivity contribution is 5.93. The number of anilines is 1. The van der Waals surface area contributed by atoms with Crippen molar-refractivity contribution in [2.24, 2.45) is 0 Å². The van der Waals surface area contributed by atoms with E-state index in [0.29, 0.717) is 61.4 Å². The van der Waals surface area contributed by atoms with Crippen molar-refractivity contribution in [1.29, 1.82) is 5.26 Å². The molecule has 9 nitrogen and oxygen atoms in total. The summed E-state index contributed by atoms with van der Waals surface area (Å²) in [5.74, 6) is -0.641. The lowest BCUT2D eigenvalue weighted by Gasteiger charge is -2.41. The minimum Gasteiger partial charge on any atom is -0.461 e. The van der Waals surface area contributed by atoms with E-state index in [2.05, 4.69) is 27.5 Å². The summed E-state index contributed by atoms with van der Waals surface area (Å²) in [6.45, 7) is 7.22. The number of ether oxygens (including phenoxy) is 1. The molecule has 0 radical (unpaired) electrons. The van der Waals surface area contributed by atoms with E-state index >= 15 is 4.39 Å². The largest absolute Gasteiger partial charge is 0.461 e. The Morgan fingerprint density at radius 2 is 1.87 bits per heavy atom. The lowest BCUT2D eigenvalue weighted by atomic mass is 9.86. The van der Waals surface area contributed by atoms with Crippen molar-refractivity contribution >= 4 is 22.6 Å². The van der Waals surface area contributed by atoms with Gasteiger partial charge < -0.3 is 14.5 Å². The number of carbonyl (C=O) groups excluding carboxylic acids is 1. The van der Waals surface area contributed by atoms with E-state index in [-0.39, 0.29) is 40.9 Å². The third-order valence-corrected chi connectivity index (χ3v) is 10.2. The molecule has 5 heterocycles. The van der Waals surface area contributed by atoms with Gasteiger partial charge in [-0.3, -0.25) is 14.7 Å². The van der Waals surface area contributed by atoms with Gasteiger partial charge in [0.15, 0.2) is 5.82 Å². The van der Waals surface area contributed by atoms with Crippen molar-refractivity contribution in [3.05, 3.63) is 53.7 Å². The monoisotopic (exact) mass is 613 g/mol. The lowest BCUT2D eigenvalue weighted by molar-refractivity contribution is -0.128. The number of nitriles is 1. The molecule has 3 aliphatic heterocycles. The summed E-state index contributed by atoms with van der Waals surface area (Å²) in [5, 5.41) is 9.94. The Kier molecular flexibility index (Phi) is 7.86. The second kappa shape index (κ2) is 12.0. The summed E-state index contributed by atoms with van der Waals surface area (Å²) in [5.41, 5.74) is 2.20. The van der Waals surface area contributed by atoms with Gasteiger partial charge in [-0.05, 0) is 93.8 Å². The van der Waals surface area contributed by atoms with Gasteiger partial charge in [0.1, 0.15) is 29.5 Å². The third kappa shape index (κ3) is 5.19. The van der Waals surface area contributed by atoms with Crippen LogP contribution in [0, 0.1) is 23.0 Å². The van der Waals surface area contributed by atoms with Gasteiger partial charge in [-0.1, -0.05) is 6.58 Å². The molecule has 2 aromatic heterocycles. The molecule has 11 heteroatoms. The van der Waals surface area contributed by atoms with Crippen LogP contribution in [0.4, 0.5) is 14.6 Å². The van der Waals surface area contributed by atoms with Crippen molar-refractivity contribution in [1.82, 2.24) is 24.8 Å². The number of benzene rings is 1. The van der Waals surface area contributed by atoms with Crippen LogP contribution in [-0.2, 0) is 17.6 Å². The predicted molar refractivity (Wildman–Crippen MR) is 166 cm³/mol. The molecule has 3 aromatic rings. The first-order valence-electron chi connectivity index (χ1n) is 16.0. The number of hydrogen-bond donors (Lipinski definition) is 0. The maximum Gasteiger partial charge on any atom is 0.319 e. The lowest BCUT2D eigenvalue weighted by Crippen LogP contribution is -2.55. The van der Waals surface area contributed by atoms with Gasteiger partial charge in [-0.15, -0.1) is 0 Å². The summed E-state index contributed by atoms with van der Waals surface area (Å²) in [6, 6.07) is 4.90. The van der Waals surface area contributed by atoms with E-state index in [1.165, 1.54) is 12.1 Å². The average molecular weight is 614 g/mol. The van der Waals surface area contributed by atoms with Crippen molar-refractivity contribution < 1.29 is 18.3 Å². The summed E-state index contributed by atoms with van der Waals surface area (Å²) in [4.78, 5) is 32.7. The van der Waals surface area contributed by atoms with Crippen molar-refractivity contribution in [2.75, 3.05) is 44.2 Å². The molecule has 3 fully saturated rings. The molecule has 3 saturated heterocycles. The minimum absolute atomic E-state index is 0.0534. The number of rotatable bonds is 7. The van der Waals surface area contributed by atoms with E-state index in [4.69, 9.17) is 9.72 Å². The summed E-state index contributed by atoms with van der Waals surface area (Å²) >= 11 is 0. The quantitative estimate of drug-likeness (QED) is 0.345. The van der Waals surface area contributed by atoms with Gasteiger partial charge >= 0.3 is 6.01 Å². The Morgan fingerprint density at radius 3 is 2.62 bits per heavy atom. The van der Waals surface area contributed by atoms with Crippen LogP contribution in [-0.4, -0.2) is 81.6 Å². The zero-order chi connectivity index (χ0) is 31.1. The highest BCUT2D eigenvalue weighted by Gasteiger charge is 2.45. The Labute approximate surface area is 261 Å². The number of piperazine rings is 1. The number of hydrogen-bond acceptors (Lipinski definition) is 8. The summed E-state index contributed by atoms with van der Waals surface area (Å²) in [7, 11) is 0. The molecule has 0 bridgehead atoms. The van der Waals surface area contributed by atoms with Crippen LogP contribution in [0.3, 0.4) is 0 Å². The van der Waals surface area contributed by atoms with E-state index in [1.807, 2.05) is 4.90 Å². The van der Waals surface area contributed by atoms with Gasteiger partial charge in [-0.25, -0.2) is 8.78 Å². The second-order valence-electron chi connectivity index (χ2n) is 12.7. The molecule has 234 valence electrons. The van der Waals surface area contributed by atoms with Gasteiger partial charge in [0.05, 0.1) is 29.5 Å². The SMILES string of the molecule is C=CC(=O)N1CCN(c2nc(OCC34CCCN3CCC4)nc3c(F)c(-c4ccc(F)c5c4CCCC5)ncc23)C[C@@H]1CC#N. The zero-order valence-electron chi connectivity index (χ0n) is 25.4. The fourth-order valence-corrected chi connectivity index (χ4v) is 7.96. The van der Waals surface area contributed by atoms with Crippen molar-refractivity contribution in [2.45, 2.75) is 69.4 Å². The molecule has 45 heavy (non-hydrogen) atoms. The van der Waals surface area contributed by atoms with Gasteiger partial charge in [0.25, 0.3) is 0 Å². The number of pyridine rings is 1. The molecule has 1 aliphatic carbocycles. The molecule has 1 atom stereocenters. The van der Waals surface area contributed by atoms with Gasteiger partial charge in [0, 0.05) is 31.4 Å². The first-order chi connectivity index (χ1) is 21.9. The highest BCUT2D eigenvalue weighted by atomic mass is 19.1. The molecule has 1 aromatic carbocycles. The molecular weight excluding hydrogens is 576 g/mol. The van der Waals surface area contributed by atoms with Gasteiger partial charge in [-0.2, -0.15) is 15.2 Å². The number of halogens is 2. The van der Waals surface area contributed by atoms with Crippen molar-refractivity contribution in [3.8, 4) is 23.3 Å². The smallest absolute Gasteiger partial charge is 0.319 e. The molecular formula is C34H37F2N7O2. The molecule has 4 aliphatic rings. The van der Waals surface area contributed by atoms with Crippen LogP contribution in [0.5, 0.6) is 6.01 Å². The second-order valence-corrected chi connectivity index (χ2v) is 12.7. The number of fused-ring (bicyclic) bond motifs is 3. The number of carbonyl (C=O) groups is 1. The van der Waals surface area contributed by atoms with E-state index in [1.54, 1.807) is 17.2 Å². The Balaban J connectivity index is 1.31. The number of nitrogens with zero attached hydrogens (tertiary/aromatic N) is 7. The first kappa shape index (κ1) is 29.5. The third-order valence-electron chi connectivity index (χ3n) is 10.2. The summed E-state index contributed by atoms with van der Waals surface area (Å²) < 4.78 is 37.7. The number of amides is 1. The normalized spacial score (nSPS) is 21.0. The van der Waals surface area contributed by atoms with Crippen LogP contribution in [0.25, 0.3) is 22.2 Å². The first-order valence-corrected chi connectivity index (χ1v) is 16.0. The standard InChI is InChI=1S/C34H37F2N7O2/c1-2-28(44)43-18-17-41(20-22(43)11-14-37)32-26-19-38-30(25-9-10-27(35)24-8-4-3-7-23(24)25)29(36)31(26)39-33(40-32)45-21-34-12-5-15-42(34)16-6-13-34/h2,9-10,19,22H,1,3-8,11-13,15-18,20-21H2/t22-/m0/s1. The molecule has 0 saturated carbocycles. The maximum absolute atomic E-state index is 16.7. The fourth-order valence-electron chi connectivity index (χ4n) is 7.96. The van der Waals surface area contributed by atoms with Crippen LogP contribution in [0.15, 0.2) is 31.0 Å². The molecule has 0 spiro atoms. The molecule has 0 N–H and O–H groups in total. The molecule has 7 rings (SSSR count). The highest BCUT2D eigenvalue weighted by Crippen LogP contribution is 2.40. The zero-order valence-corrected chi connectivity index (χ0v) is 25.4. The van der Waals surface area contributed by atoms with Crippen molar-refractivity contribution in [3.63, 3.8) is 0 Å². The Hall–Kier alpha value is -4.17. The summed E-state index contributed by atoms with van der Waals surface area (Å²) in [6.07, 6.45) is 10.4. The number of aromatic nitrogens is 3. The average Bonchev–Trinajstić information content (AvgIpc) is 3.65. The van der Waals surface area contributed by atoms with Crippen LogP contribution in [0.1, 0.15) is 56.1 Å². The molecule has 1 amide bonds. The fraction of sp³-hybridized carbons (Fsp3) is 0.500. The predicted octanol–water partition coefficient (Wildman–Crippen LogP) is 4.97. The van der Waals surface area contributed by atoms with Crippen LogP contribution < -0.4 is 9.64 Å². The van der Waals surface area contributed by atoms with E-state index < -0.39 is 11.9 Å². The Bertz CT molecular complexity index is 1700. The maximum atomic E-state index is 16.7. The molecule has 0 unspecified atom stereocenters. The minimum atomic E-state index is -0.601.